The predicted octanol–water partition coefficient (Wildman–Crippen LogP) is 1.78. The molecule has 2 rings (SSSR count). The minimum Gasteiger partial charge on any atom is -0.481 e. The fourth-order valence-corrected chi connectivity index (χ4v) is 1.99. The summed E-state index contributed by atoms with van der Waals surface area (Å²) in [5.41, 5.74) is 7.94. The Morgan fingerprint density at radius 3 is 2.81 bits per heavy atom. The van der Waals surface area contributed by atoms with Gasteiger partial charge in [-0.3, -0.25) is 4.79 Å². The number of para-hydroxylation sites is 1. The van der Waals surface area contributed by atoms with Crippen LogP contribution in [0.5, 0.6) is 0 Å². The van der Waals surface area contributed by atoms with Crippen molar-refractivity contribution in [3.05, 3.63) is 29.8 Å². The number of aryl methyl sites for hydroxylation is 2. The van der Waals surface area contributed by atoms with E-state index in [1.54, 1.807) is 0 Å². The highest BCUT2D eigenvalue weighted by atomic mass is 16.4. The van der Waals surface area contributed by atoms with Crippen LogP contribution in [-0.4, -0.2) is 15.6 Å². The number of nitrogens with zero attached hydrogens (tertiary/aromatic N) is 1. The highest BCUT2D eigenvalue weighted by Crippen LogP contribution is 2.27. The fraction of sp³-hybridized carbons (Fsp3) is 0.250. The lowest BCUT2D eigenvalue weighted by Crippen LogP contribution is -2.01. The van der Waals surface area contributed by atoms with Gasteiger partial charge in [0.1, 0.15) is 5.82 Å². The highest BCUT2D eigenvalue weighted by Gasteiger charge is 2.12. The molecule has 4 heteroatoms. The van der Waals surface area contributed by atoms with Gasteiger partial charge in [0, 0.05) is 29.9 Å². The van der Waals surface area contributed by atoms with E-state index in [2.05, 4.69) is 0 Å². The van der Waals surface area contributed by atoms with Gasteiger partial charge in [-0.05, 0) is 12.5 Å². The molecule has 84 valence electrons. The highest BCUT2D eigenvalue weighted by molar-refractivity contribution is 5.89. The van der Waals surface area contributed by atoms with E-state index >= 15 is 0 Å². The monoisotopic (exact) mass is 218 g/mol. The third kappa shape index (κ3) is 1.62. The number of rotatable bonds is 3. The average Bonchev–Trinajstić information content (AvgIpc) is 2.50. The molecule has 1 aromatic heterocycles. The van der Waals surface area contributed by atoms with Gasteiger partial charge >= 0.3 is 5.97 Å². The van der Waals surface area contributed by atoms with Crippen LogP contribution in [0.3, 0.4) is 0 Å². The normalized spacial score (nSPS) is 10.8. The van der Waals surface area contributed by atoms with Crippen LogP contribution in [-0.2, 0) is 18.3 Å². The van der Waals surface area contributed by atoms with E-state index in [4.69, 9.17) is 10.8 Å². The van der Waals surface area contributed by atoms with Crippen LogP contribution in [0.15, 0.2) is 24.3 Å². The molecule has 2 aromatic rings. The average molecular weight is 218 g/mol. The van der Waals surface area contributed by atoms with Crippen LogP contribution in [0.2, 0.25) is 0 Å². The number of aromatic nitrogens is 1. The van der Waals surface area contributed by atoms with Crippen molar-refractivity contribution in [2.24, 2.45) is 7.05 Å². The minimum absolute atomic E-state index is 0.109. The van der Waals surface area contributed by atoms with Crippen LogP contribution in [0.4, 0.5) is 5.82 Å². The largest absolute Gasteiger partial charge is 0.481 e. The molecule has 0 unspecified atom stereocenters. The van der Waals surface area contributed by atoms with E-state index in [-0.39, 0.29) is 6.42 Å². The second-order valence-corrected chi connectivity index (χ2v) is 3.83. The molecule has 4 nitrogen and oxygen atoms in total. The van der Waals surface area contributed by atoms with Crippen LogP contribution in [0.25, 0.3) is 10.9 Å². The number of carboxylic acid groups (broad SMARTS) is 1. The van der Waals surface area contributed by atoms with Crippen molar-refractivity contribution in [3.63, 3.8) is 0 Å². The molecule has 0 aliphatic carbocycles. The summed E-state index contributed by atoms with van der Waals surface area (Å²) in [7, 11) is 1.89. The van der Waals surface area contributed by atoms with Crippen molar-refractivity contribution >= 4 is 22.7 Å². The number of anilines is 1. The second kappa shape index (κ2) is 3.89. The Labute approximate surface area is 93.3 Å². The number of benzene rings is 1. The van der Waals surface area contributed by atoms with Crippen molar-refractivity contribution in [2.45, 2.75) is 12.8 Å². The predicted molar refractivity (Wildman–Crippen MR) is 63.3 cm³/mol. The molecule has 0 saturated carbocycles. The molecule has 0 aliphatic heterocycles. The Morgan fingerprint density at radius 2 is 2.12 bits per heavy atom. The first-order valence-corrected chi connectivity index (χ1v) is 5.15. The zero-order valence-corrected chi connectivity index (χ0v) is 9.10. The number of carbonyl (C=O) groups is 1. The van der Waals surface area contributed by atoms with E-state index in [1.165, 1.54) is 0 Å². The molecule has 0 fully saturated rings. The van der Waals surface area contributed by atoms with Gasteiger partial charge in [0.15, 0.2) is 0 Å². The Kier molecular flexibility index (Phi) is 2.56. The fourth-order valence-electron chi connectivity index (χ4n) is 1.99. The molecule has 0 bridgehead atoms. The van der Waals surface area contributed by atoms with E-state index in [0.29, 0.717) is 12.2 Å². The van der Waals surface area contributed by atoms with Crippen molar-refractivity contribution in [1.29, 1.82) is 0 Å². The van der Waals surface area contributed by atoms with Crippen LogP contribution in [0.1, 0.15) is 12.0 Å². The van der Waals surface area contributed by atoms with Gasteiger partial charge in [-0.1, -0.05) is 18.2 Å². The zero-order chi connectivity index (χ0) is 11.7. The molecule has 0 amide bonds. The van der Waals surface area contributed by atoms with E-state index in [9.17, 15) is 4.79 Å². The van der Waals surface area contributed by atoms with Crippen molar-refractivity contribution in [3.8, 4) is 0 Å². The standard InChI is InChI=1S/C12H14N2O2/c1-14-10-5-3-2-4-8(10)9(12(14)13)6-7-11(15)16/h2-5H,6-7,13H2,1H3,(H,15,16). The van der Waals surface area contributed by atoms with E-state index in [1.807, 2.05) is 35.9 Å². The molecule has 1 aromatic carbocycles. The van der Waals surface area contributed by atoms with Gasteiger partial charge in [-0.25, -0.2) is 0 Å². The van der Waals surface area contributed by atoms with Gasteiger partial charge in [0.25, 0.3) is 0 Å². The summed E-state index contributed by atoms with van der Waals surface area (Å²) in [6.45, 7) is 0. The quantitative estimate of drug-likeness (QED) is 0.825. The lowest BCUT2D eigenvalue weighted by Gasteiger charge is -1.99. The van der Waals surface area contributed by atoms with Crippen molar-refractivity contribution in [2.75, 3.05) is 5.73 Å². The Hall–Kier alpha value is -1.97. The number of carboxylic acids is 1. The lowest BCUT2D eigenvalue weighted by atomic mass is 10.1. The molecule has 16 heavy (non-hydrogen) atoms. The van der Waals surface area contributed by atoms with Crippen LogP contribution >= 0.6 is 0 Å². The van der Waals surface area contributed by atoms with Gasteiger partial charge in [-0.2, -0.15) is 0 Å². The molecule has 0 spiro atoms. The first-order chi connectivity index (χ1) is 7.61. The maximum atomic E-state index is 10.6. The summed E-state index contributed by atoms with van der Waals surface area (Å²) in [6, 6.07) is 7.84. The Bertz CT molecular complexity index is 543. The maximum absolute atomic E-state index is 10.6. The smallest absolute Gasteiger partial charge is 0.303 e. The van der Waals surface area contributed by atoms with Gasteiger partial charge in [0.2, 0.25) is 0 Å². The first kappa shape index (κ1) is 10.5. The summed E-state index contributed by atoms with van der Waals surface area (Å²) >= 11 is 0. The van der Waals surface area contributed by atoms with Crippen molar-refractivity contribution < 1.29 is 9.90 Å². The second-order valence-electron chi connectivity index (χ2n) is 3.83. The summed E-state index contributed by atoms with van der Waals surface area (Å²) in [5, 5.41) is 9.74. The van der Waals surface area contributed by atoms with E-state index < -0.39 is 5.97 Å². The molecular formula is C12H14N2O2. The van der Waals surface area contributed by atoms with Gasteiger partial charge < -0.3 is 15.4 Å². The molecular weight excluding hydrogens is 204 g/mol. The summed E-state index contributed by atoms with van der Waals surface area (Å²) in [5.74, 6) is -0.144. The van der Waals surface area contributed by atoms with Crippen molar-refractivity contribution in [1.82, 2.24) is 4.57 Å². The minimum atomic E-state index is -0.799. The molecule has 0 aliphatic rings. The van der Waals surface area contributed by atoms with Gasteiger partial charge in [-0.15, -0.1) is 0 Å². The van der Waals surface area contributed by atoms with Crippen LogP contribution in [0, 0.1) is 0 Å². The summed E-state index contributed by atoms with van der Waals surface area (Å²) in [4.78, 5) is 10.6. The molecule has 0 atom stereocenters. The molecule has 1 heterocycles. The number of fused-ring (bicyclic) bond motifs is 1. The number of nitrogens with two attached hydrogens (primary N) is 1. The number of nitrogen functional groups attached to an aromatic ring is 1. The third-order valence-electron chi connectivity index (χ3n) is 2.85. The number of aliphatic carboxylic acids is 1. The van der Waals surface area contributed by atoms with E-state index in [0.717, 1.165) is 16.5 Å². The van der Waals surface area contributed by atoms with Gasteiger partial charge in [0.05, 0.1) is 0 Å². The molecule has 0 saturated heterocycles. The third-order valence-corrected chi connectivity index (χ3v) is 2.85. The lowest BCUT2D eigenvalue weighted by molar-refractivity contribution is -0.136. The number of hydrogen-bond donors (Lipinski definition) is 2. The SMILES string of the molecule is Cn1c(N)c(CCC(=O)O)c2ccccc21. The van der Waals surface area contributed by atoms with Crippen LogP contribution < -0.4 is 5.73 Å². The Balaban J connectivity index is 2.51. The summed E-state index contributed by atoms with van der Waals surface area (Å²) in [6.07, 6.45) is 0.584. The summed E-state index contributed by atoms with van der Waals surface area (Å²) < 4.78 is 1.90. The maximum Gasteiger partial charge on any atom is 0.303 e. The number of hydrogen-bond acceptors (Lipinski definition) is 2. The topological polar surface area (TPSA) is 68.2 Å². The first-order valence-electron chi connectivity index (χ1n) is 5.15. The Morgan fingerprint density at radius 1 is 1.44 bits per heavy atom. The zero-order valence-electron chi connectivity index (χ0n) is 9.10. The molecule has 0 radical (unpaired) electrons. The molecule has 3 N–H and O–H groups in total.